The molecule has 3 aromatic rings. The Balaban J connectivity index is 1.62. The molecule has 4 rings (SSSR count). The summed E-state index contributed by atoms with van der Waals surface area (Å²) in [6.07, 6.45) is 2.40. The van der Waals surface area contributed by atoms with E-state index in [1.807, 2.05) is 19.9 Å². The summed E-state index contributed by atoms with van der Waals surface area (Å²) >= 11 is 5.95. The number of morpholine rings is 1. The summed E-state index contributed by atoms with van der Waals surface area (Å²) in [5.74, 6) is -0.390. The highest BCUT2D eigenvalue weighted by Gasteiger charge is 2.20. The van der Waals surface area contributed by atoms with Crippen LogP contribution in [0.4, 0.5) is 4.39 Å². The average molecular weight is 503 g/mol. The van der Waals surface area contributed by atoms with Crippen LogP contribution in [0.5, 0.6) is 0 Å². The summed E-state index contributed by atoms with van der Waals surface area (Å²) in [6, 6.07) is 7.48. The molecule has 0 spiro atoms. The van der Waals surface area contributed by atoms with Crippen molar-refractivity contribution in [3.05, 3.63) is 69.2 Å². The number of amides is 1. The Bertz CT molecular complexity index is 1240. The van der Waals surface area contributed by atoms with Crippen LogP contribution >= 0.6 is 11.6 Å². The molecular weight excluding hydrogens is 475 g/mol. The van der Waals surface area contributed by atoms with Crippen molar-refractivity contribution in [1.29, 1.82) is 0 Å². The summed E-state index contributed by atoms with van der Waals surface area (Å²) in [6.45, 7) is 7.91. The molecule has 11 heteroatoms. The Hall–Kier alpha value is -3.08. The van der Waals surface area contributed by atoms with Gasteiger partial charge < -0.3 is 10.1 Å². The van der Waals surface area contributed by atoms with Gasteiger partial charge in [-0.15, -0.1) is 5.10 Å². The number of benzene rings is 1. The summed E-state index contributed by atoms with van der Waals surface area (Å²) in [4.78, 5) is 32.6. The average Bonchev–Trinajstić information content (AvgIpc) is 3.15. The van der Waals surface area contributed by atoms with Gasteiger partial charge in [-0.2, -0.15) is 4.68 Å². The van der Waals surface area contributed by atoms with Gasteiger partial charge in [-0.25, -0.2) is 18.7 Å². The molecule has 0 unspecified atom stereocenters. The standard InChI is InChI=1S/C24H28ClFN6O3/c1-16(2)28-23(33)14-22-29-32(24(34)31(22)18-4-5-20(26)19(25)13-18)21-6-3-17(15-27-21)7-8-30-9-11-35-12-10-30/h3-6,13,15-16H,7-12,14H2,1-2H3,(H,28,33). The lowest BCUT2D eigenvalue weighted by Crippen LogP contribution is -2.37. The highest BCUT2D eigenvalue weighted by Crippen LogP contribution is 2.19. The van der Waals surface area contributed by atoms with E-state index in [0.717, 1.165) is 49.5 Å². The number of carbonyl (C=O) groups excluding carboxylic acids is 1. The molecule has 0 saturated carbocycles. The number of aromatic nitrogens is 4. The number of halogens is 2. The maximum Gasteiger partial charge on any atom is 0.356 e. The van der Waals surface area contributed by atoms with Gasteiger partial charge in [0.2, 0.25) is 5.91 Å². The van der Waals surface area contributed by atoms with Crippen molar-refractivity contribution in [2.45, 2.75) is 32.7 Å². The lowest BCUT2D eigenvalue weighted by atomic mass is 10.2. The molecule has 1 saturated heterocycles. The quantitative estimate of drug-likeness (QED) is 0.507. The number of nitrogens with one attached hydrogen (secondary N) is 1. The van der Waals surface area contributed by atoms with Crippen LogP contribution < -0.4 is 11.0 Å². The third-order valence-corrected chi connectivity index (χ3v) is 5.91. The normalized spacial score (nSPS) is 14.4. The van der Waals surface area contributed by atoms with E-state index in [2.05, 4.69) is 20.3 Å². The lowest BCUT2D eigenvalue weighted by molar-refractivity contribution is -0.121. The highest BCUT2D eigenvalue weighted by molar-refractivity contribution is 6.30. The molecule has 0 atom stereocenters. The number of pyridine rings is 1. The van der Waals surface area contributed by atoms with E-state index in [1.165, 1.54) is 22.8 Å². The molecule has 1 aliphatic heterocycles. The Morgan fingerprint density at radius 2 is 2.00 bits per heavy atom. The Labute approximate surface area is 207 Å². The zero-order chi connectivity index (χ0) is 24.9. The highest BCUT2D eigenvalue weighted by atomic mass is 35.5. The van der Waals surface area contributed by atoms with Gasteiger partial charge in [0.25, 0.3) is 0 Å². The first-order valence-electron chi connectivity index (χ1n) is 11.5. The third kappa shape index (κ3) is 6.14. The maximum atomic E-state index is 13.7. The summed E-state index contributed by atoms with van der Waals surface area (Å²) < 4.78 is 21.5. The van der Waals surface area contributed by atoms with Gasteiger partial charge in [0.05, 0.1) is 30.3 Å². The molecule has 186 valence electrons. The van der Waals surface area contributed by atoms with Gasteiger partial charge in [-0.05, 0) is 50.1 Å². The van der Waals surface area contributed by atoms with Crippen LogP contribution in [0.25, 0.3) is 11.5 Å². The largest absolute Gasteiger partial charge is 0.379 e. The molecule has 0 bridgehead atoms. The molecular formula is C24H28ClFN6O3. The molecule has 3 heterocycles. The molecule has 0 aliphatic carbocycles. The van der Waals surface area contributed by atoms with Crippen LogP contribution in [0.15, 0.2) is 41.3 Å². The van der Waals surface area contributed by atoms with Crippen molar-refractivity contribution in [3.8, 4) is 11.5 Å². The zero-order valence-corrected chi connectivity index (χ0v) is 20.5. The van der Waals surface area contributed by atoms with Crippen molar-refractivity contribution in [2.75, 3.05) is 32.8 Å². The molecule has 2 aromatic heterocycles. The molecule has 1 fully saturated rings. The van der Waals surface area contributed by atoms with Gasteiger partial charge in [0.15, 0.2) is 5.82 Å². The predicted octanol–water partition coefficient (Wildman–Crippen LogP) is 2.15. The Morgan fingerprint density at radius 3 is 2.66 bits per heavy atom. The molecule has 1 N–H and O–H groups in total. The first kappa shape index (κ1) is 25.0. The minimum Gasteiger partial charge on any atom is -0.379 e. The number of hydrogen-bond donors (Lipinski definition) is 1. The molecule has 35 heavy (non-hydrogen) atoms. The van der Waals surface area contributed by atoms with Gasteiger partial charge >= 0.3 is 5.69 Å². The van der Waals surface area contributed by atoms with Crippen molar-refractivity contribution in [1.82, 2.24) is 29.5 Å². The smallest absolute Gasteiger partial charge is 0.356 e. The summed E-state index contributed by atoms with van der Waals surface area (Å²) in [5.41, 5.74) is 0.810. The van der Waals surface area contributed by atoms with Crippen LogP contribution in [-0.4, -0.2) is 69.0 Å². The third-order valence-electron chi connectivity index (χ3n) is 5.62. The first-order chi connectivity index (χ1) is 16.8. The van der Waals surface area contributed by atoms with Crippen LogP contribution in [0, 0.1) is 5.82 Å². The number of carbonyl (C=O) groups is 1. The lowest BCUT2D eigenvalue weighted by Gasteiger charge is -2.26. The van der Waals surface area contributed by atoms with Crippen LogP contribution in [0.1, 0.15) is 25.2 Å². The van der Waals surface area contributed by atoms with Gasteiger partial charge in [-0.1, -0.05) is 17.7 Å². The molecule has 1 amide bonds. The van der Waals surface area contributed by atoms with E-state index >= 15 is 0 Å². The number of hydrogen-bond acceptors (Lipinski definition) is 6. The monoisotopic (exact) mass is 502 g/mol. The molecule has 9 nitrogen and oxygen atoms in total. The van der Waals surface area contributed by atoms with E-state index in [0.29, 0.717) is 11.5 Å². The maximum absolute atomic E-state index is 13.7. The number of ether oxygens (including phenoxy) is 1. The topological polar surface area (TPSA) is 94.3 Å². The van der Waals surface area contributed by atoms with Crippen molar-refractivity contribution < 1.29 is 13.9 Å². The molecule has 0 radical (unpaired) electrons. The molecule has 1 aliphatic rings. The van der Waals surface area contributed by atoms with E-state index in [-0.39, 0.29) is 29.2 Å². The van der Waals surface area contributed by atoms with Crippen molar-refractivity contribution in [3.63, 3.8) is 0 Å². The van der Waals surface area contributed by atoms with Gasteiger partial charge in [0, 0.05) is 31.9 Å². The van der Waals surface area contributed by atoms with E-state index < -0.39 is 11.5 Å². The van der Waals surface area contributed by atoms with Crippen LogP contribution in [0.2, 0.25) is 5.02 Å². The minimum atomic E-state index is -0.607. The van der Waals surface area contributed by atoms with Gasteiger partial charge in [0.1, 0.15) is 11.6 Å². The summed E-state index contributed by atoms with van der Waals surface area (Å²) in [7, 11) is 0. The van der Waals surface area contributed by atoms with E-state index in [4.69, 9.17) is 16.3 Å². The second-order valence-corrected chi connectivity index (χ2v) is 9.08. The Morgan fingerprint density at radius 1 is 1.23 bits per heavy atom. The summed E-state index contributed by atoms with van der Waals surface area (Å²) in [5, 5.41) is 7.04. The van der Waals surface area contributed by atoms with Crippen molar-refractivity contribution >= 4 is 17.5 Å². The van der Waals surface area contributed by atoms with Crippen molar-refractivity contribution in [2.24, 2.45) is 0 Å². The second kappa shape index (κ2) is 11.1. The fourth-order valence-electron chi connectivity index (χ4n) is 3.87. The molecule has 1 aromatic carbocycles. The number of nitrogens with zero attached hydrogens (tertiary/aromatic N) is 5. The SMILES string of the molecule is CC(C)NC(=O)Cc1nn(-c2ccc(CCN3CCOCC3)cn2)c(=O)n1-c1ccc(F)c(Cl)c1. The van der Waals surface area contributed by atoms with Gasteiger partial charge in [-0.3, -0.25) is 9.69 Å². The van der Waals surface area contributed by atoms with Crippen LogP contribution in [0.3, 0.4) is 0 Å². The van der Waals surface area contributed by atoms with E-state index in [1.54, 1.807) is 12.3 Å². The zero-order valence-electron chi connectivity index (χ0n) is 19.7. The first-order valence-corrected chi connectivity index (χ1v) is 11.9. The van der Waals surface area contributed by atoms with E-state index in [9.17, 15) is 14.0 Å². The fraction of sp³-hybridized carbons (Fsp3) is 0.417. The second-order valence-electron chi connectivity index (χ2n) is 8.67. The fourth-order valence-corrected chi connectivity index (χ4v) is 4.05. The number of rotatable bonds is 8. The van der Waals surface area contributed by atoms with Crippen LogP contribution in [-0.2, 0) is 22.4 Å². The Kier molecular flexibility index (Phi) is 7.94. The minimum absolute atomic E-state index is 0.0725. The predicted molar refractivity (Wildman–Crippen MR) is 130 cm³/mol.